The van der Waals surface area contributed by atoms with Crippen LogP contribution in [0.15, 0.2) is 43.0 Å². The number of benzene rings is 1. The number of carbonyl (C=O) groups is 2. The highest BCUT2D eigenvalue weighted by Gasteiger charge is 2.50. The van der Waals surface area contributed by atoms with Gasteiger partial charge in [0.1, 0.15) is 5.54 Å². The molecule has 2 heterocycles. The van der Waals surface area contributed by atoms with E-state index in [1.807, 2.05) is 24.3 Å². The SMILES string of the molecule is C=CC[C@]12CCCCN1CCN(C(=O)c1ccccc1)C2=O. The Bertz CT molecular complexity index is 584. The van der Waals surface area contributed by atoms with Gasteiger partial charge in [-0.1, -0.05) is 24.3 Å². The van der Waals surface area contributed by atoms with E-state index in [4.69, 9.17) is 0 Å². The lowest BCUT2D eigenvalue weighted by molar-refractivity contribution is -0.150. The molecule has 0 saturated carbocycles. The zero-order valence-electron chi connectivity index (χ0n) is 12.8. The summed E-state index contributed by atoms with van der Waals surface area (Å²) < 4.78 is 0. The Hall–Kier alpha value is -1.94. The van der Waals surface area contributed by atoms with Crippen molar-refractivity contribution in [2.75, 3.05) is 19.6 Å². The number of imide groups is 1. The minimum atomic E-state index is -0.553. The summed E-state index contributed by atoms with van der Waals surface area (Å²) in [5.41, 5.74) is 0.0248. The normalized spacial score (nSPS) is 25.6. The number of hydrogen-bond acceptors (Lipinski definition) is 3. The predicted molar refractivity (Wildman–Crippen MR) is 85.5 cm³/mol. The van der Waals surface area contributed by atoms with E-state index in [1.54, 1.807) is 12.1 Å². The van der Waals surface area contributed by atoms with Gasteiger partial charge < -0.3 is 0 Å². The lowest BCUT2D eigenvalue weighted by Crippen LogP contribution is -2.68. The highest BCUT2D eigenvalue weighted by Crippen LogP contribution is 2.36. The van der Waals surface area contributed by atoms with Crippen molar-refractivity contribution in [1.29, 1.82) is 0 Å². The molecule has 2 fully saturated rings. The molecular weight excluding hydrogens is 276 g/mol. The molecule has 4 nitrogen and oxygen atoms in total. The quantitative estimate of drug-likeness (QED) is 0.636. The van der Waals surface area contributed by atoms with Crippen LogP contribution < -0.4 is 0 Å². The first-order valence-corrected chi connectivity index (χ1v) is 7.96. The number of piperazine rings is 1. The van der Waals surface area contributed by atoms with Crippen molar-refractivity contribution >= 4 is 11.8 Å². The second-order valence-electron chi connectivity index (χ2n) is 6.10. The van der Waals surface area contributed by atoms with Crippen LogP contribution in [-0.4, -0.2) is 46.8 Å². The van der Waals surface area contributed by atoms with Crippen LogP contribution in [0.2, 0.25) is 0 Å². The standard InChI is InChI=1S/C18H22N2O2/c1-2-10-18-11-6-7-12-19(18)13-14-20(17(18)22)16(21)15-8-4-3-5-9-15/h2-5,8-9H,1,6-7,10-14H2/t18-/m1/s1. The number of rotatable bonds is 3. The number of fused-ring (bicyclic) bond motifs is 1. The smallest absolute Gasteiger partial charge is 0.260 e. The summed E-state index contributed by atoms with van der Waals surface area (Å²) in [4.78, 5) is 29.5. The minimum Gasteiger partial charge on any atom is -0.287 e. The van der Waals surface area contributed by atoms with Crippen LogP contribution >= 0.6 is 0 Å². The third-order valence-electron chi connectivity index (χ3n) is 4.86. The van der Waals surface area contributed by atoms with E-state index < -0.39 is 5.54 Å². The largest absolute Gasteiger partial charge is 0.287 e. The van der Waals surface area contributed by atoms with Gasteiger partial charge >= 0.3 is 0 Å². The average Bonchev–Trinajstić information content (AvgIpc) is 2.56. The zero-order valence-corrected chi connectivity index (χ0v) is 12.8. The number of piperidine rings is 1. The molecule has 2 aliphatic rings. The second kappa shape index (κ2) is 6.05. The molecule has 1 aromatic rings. The summed E-state index contributed by atoms with van der Waals surface area (Å²) in [6.07, 6.45) is 5.40. The predicted octanol–water partition coefficient (Wildman–Crippen LogP) is 2.47. The lowest BCUT2D eigenvalue weighted by atomic mass is 9.80. The summed E-state index contributed by atoms with van der Waals surface area (Å²) in [7, 11) is 0. The molecule has 116 valence electrons. The molecule has 4 heteroatoms. The molecule has 1 atom stereocenters. The summed E-state index contributed by atoms with van der Waals surface area (Å²) in [5.74, 6) is -0.230. The summed E-state index contributed by atoms with van der Waals surface area (Å²) >= 11 is 0. The minimum absolute atomic E-state index is 0.0489. The highest BCUT2D eigenvalue weighted by atomic mass is 16.2. The second-order valence-corrected chi connectivity index (χ2v) is 6.10. The monoisotopic (exact) mass is 298 g/mol. The third kappa shape index (κ3) is 2.37. The molecule has 0 spiro atoms. The van der Waals surface area contributed by atoms with Crippen LogP contribution in [0.5, 0.6) is 0 Å². The van der Waals surface area contributed by atoms with Crippen molar-refractivity contribution in [2.45, 2.75) is 31.2 Å². The number of carbonyl (C=O) groups excluding carboxylic acids is 2. The molecule has 0 radical (unpaired) electrons. The molecule has 0 bridgehead atoms. The molecule has 22 heavy (non-hydrogen) atoms. The van der Waals surface area contributed by atoms with Gasteiger partial charge in [0.25, 0.3) is 5.91 Å². The van der Waals surface area contributed by atoms with E-state index in [0.717, 1.165) is 32.4 Å². The Kier molecular flexibility index (Phi) is 4.12. The van der Waals surface area contributed by atoms with Gasteiger partial charge in [-0.05, 0) is 44.4 Å². The van der Waals surface area contributed by atoms with Crippen LogP contribution in [-0.2, 0) is 4.79 Å². The summed E-state index contributed by atoms with van der Waals surface area (Å²) in [5, 5.41) is 0. The molecule has 2 saturated heterocycles. The molecule has 0 aliphatic carbocycles. The first-order valence-electron chi connectivity index (χ1n) is 7.96. The third-order valence-corrected chi connectivity index (χ3v) is 4.86. The van der Waals surface area contributed by atoms with Crippen LogP contribution in [0.1, 0.15) is 36.0 Å². The van der Waals surface area contributed by atoms with Crippen molar-refractivity contribution in [3.05, 3.63) is 48.6 Å². The van der Waals surface area contributed by atoms with E-state index >= 15 is 0 Å². The van der Waals surface area contributed by atoms with Crippen molar-refractivity contribution in [3.63, 3.8) is 0 Å². The number of nitrogens with zero attached hydrogens (tertiary/aromatic N) is 2. The summed E-state index contributed by atoms with van der Waals surface area (Å²) in [6, 6.07) is 9.06. The molecular formula is C18H22N2O2. The molecule has 0 unspecified atom stereocenters. The van der Waals surface area contributed by atoms with Crippen molar-refractivity contribution in [3.8, 4) is 0 Å². The molecule has 0 N–H and O–H groups in total. The van der Waals surface area contributed by atoms with Gasteiger partial charge in [0.2, 0.25) is 5.91 Å². The topological polar surface area (TPSA) is 40.6 Å². The van der Waals surface area contributed by atoms with E-state index in [2.05, 4.69) is 11.5 Å². The van der Waals surface area contributed by atoms with Crippen LogP contribution in [0.3, 0.4) is 0 Å². The molecule has 2 aliphatic heterocycles. The highest BCUT2D eigenvalue weighted by molar-refractivity contribution is 6.07. The van der Waals surface area contributed by atoms with E-state index in [-0.39, 0.29) is 11.8 Å². The van der Waals surface area contributed by atoms with Crippen molar-refractivity contribution in [1.82, 2.24) is 9.80 Å². The molecule has 0 aromatic heterocycles. The van der Waals surface area contributed by atoms with Gasteiger partial charge in [0, 0.05) is 18.7 Å². The summed E-state index contributed by atoms with van der Waals surface area (Å²) in [6.45, 7) is 6.00. The van der Waals surface area contributed by atoms with Gasteiger partial charge in [0.15, 0.2) is 0 Å². The molecule has 3 rings (SSSR count). The zero-order chi connectivity index (χ0) is 15.6. The Labute approximate surface area is 131 Å². The van der Waals surface area contributed by atoms with E-state index in [1.165, 1.54) is 4.90 Å². The van der Waals surface area contributed by atoms with Crippen LogP contribution in [0, 0.1) is 0 Å². The molecule has 2 amide bonds. The fourth-order valence-corrected chi connectivity index (χ4v) is 3.72. The van der Waals surface area contributed by atoms with Crippen LogP contribution in [0.4, 0.5) is 0 Å². The van der Waals surface area contributed by atoms with Crippen LogP contribution in [0.25, 0.3) is 0 Å². The fraction of sp³-hybridized carbons (Fsp3) is 0.444. The van der Waals surface area contributed by atoms with Gasteiger partial charge in [-0.3, -0.25) is 19.4 Å². The molecule has 1 aromatic carbocycles. The first kappa shape index (κ1) is 15.0. The Morgan fingerprint density at radius 3 is 2.68 bits per heavy atom. The van der Waals surface area contributed by atoms with Gasteiger partial charge in [-0.25, -0.2) is 0 Å². The maximum absolute atomic E-state index is 13.1. The van der Waals surface area contributed by atoms with E-state index in [9.17, 15) is 9.59 Å². The van der Waals surface area contributed by atoms with Gasteiger partial charge in [0.05, 0.1) is 0 Å². The first-order chi connectivity index (χ1) is 10.7. The van der Waals surface area contributed by atoms with E-state index in [0.29, 0.717) is 18.5 Å². The number of hydrogen-bond donors (Lipinski definition) is 0. The van der Waals surface area contributed by atoms with Crippen molar-refractivity contribution in [2.24, 2.45) is 0 Å². The maximum atomic E-state index is 13.1. The average molecular weight is 298 g/mol. The number of amides is 2. The van der Waals surface area contributed by atoms with Crippen molar-refractivity contribution < 1.29 is 9.59 Å². The lowest BCUT2D eigenvalue weighted by Gasteiger charge is -2.51. The Morgan fingerprint density at radius 1 is 1.18 bits per heavy atom. The Morgan fingerprint density at radius 2 is 1.95 bits per heavy atom. The fourth-order valence-electron chi connectivity index (χ4n) is 3.72. The van der Waals surface area contributed by atoms with Gasteiger partial charge in [-0.15, -0.1) is 6.58 Å². The maximum Gasteiger partial charge on any atom is 0.260 e. The Balaban J connectivity index is 1.90. The van der Waals surface area contributed by atoms with Gasteiger partial charge in [-0.2, -0.15) is 0 Å².